The molecule has 1 N–H and O–H groups in total. The van der Waals surface area contributed by atoms with Gasteiger partial charge in [-0.25, -0.2) is 8.42 Å². The molecule has 5 heteroatoms. The van der Waals surface area contributed by atoms with Gasteiger partial charge in [-0.15, -0.1) is 0 Å². The Kier molecular flexibility index (Phi) is 3.93. The molecule has 0 bridgehead atoms. The number of anilines is 1. The molecule has 0 atom stereocenters. The van der Waals surface area contributed by atoms with Gasteiger partial charge >= 0.3 is 0 Å². The molecule has 0 amide bonds. The zero-order valence-electron chi connectivity index (χ0n) is 9.71. The maximum atomic E-state index is 11.8. The summed E-state index contributed by atoms with van der Waals surface area (Å²) < 4.78 is 23.6. The molecule has 0 saturated heterocycles. The lowest BCUT2D eigenvalue weighted by atomic mass is 10.3. The third kappa shape index (κ3) is 2.54. The Morgan fingerprint density at radius 3 is 2.12 bits per heavy atom. The van der Waals surface area contributed by atoms with Crippen LogP contribution in [0.15, 0.2) is 29.2 Å². The van der Waals surface area contributed by atoms with Crippen LogP contribution in [0, 0.1) is 0 Å². The second kappa shape index (κ2) is 4.84. The molecular weight excluding hydrogens is 226 g/mol. The molecular formula is C11H17NO3S. The molecule has 0 heterocycles. The molecule has 0 unspecified atom stereocenters. The van der Waals surface area contributed by atoms with E-state index in [1.54, 1.807) is 50.1 Å². The van der Waals surface area contributed by atoms with Crippen molar-refractivity contribution in [3.05, 3.63) is 24.3 Å². The highest BCUT2D eigenvalue weighted by Crippen LogP contribution is 2.19. The second-order valence-electron chi connectivity index (χ2n) is 3.93. The number of sulfone groups is 1. The standard InChI is InChI=1S/C11H17NO3S/c1-9(2)16(14,15)11-6-4-10(5-7-11)12(3)8-13/h4-7,9,13H,8H2,1-3H3. The Labute approximate surface area is 96.4 Å². The highest BCUT2D eigenvalue weighted by atomic mass is 32.2. The minimum absolute atomic E-state index is 0.101. The van der Waals surface area contributed by atoms with Gasteiger partial charge in [0.2, 0.25) is 0 Å². The average Bonchev–Trinajstić information content (AvgIpc) is 2.28. The van der Waals surface area contributed by atoms with E-state index in [4.69, 9.17) is 5.11 Å². The lowest BCUT2D eigenvalue weighted by molar-refractivity contribution is 0.298. The van der Waals surface area contributed by atoms with Gasteiger partial charge < -0.3 is 10.0 Å². The van der Waals surface area contributed by atoms with Crippen molar-refractivity contribution in [2.75, 3.05) is 18.7 Å². The number of hydrogen-bond donors (Lipinski definition) is 1. The summed E-state index contributed by atoms with van der Waals surface area (Å²) in [6, 6.07) is 6.50. The van der Waals surface area contributed by atoms with Crippen molar-refractivity contribution in [2.45, 2.75) is 24.0 Å². The Morgan fingerprint density at radius 1 is 1.25 bits per heavy atom. The first-order chi connectivity index (χ1) is 7.39. The van der Waals surface area contributed by atoms with Gasteiger partial charge in [0.25, 0.3) is 0 Å². The summed E-state index contributed by atoms with van der Waals surface area (Å²) in [5, 5.41) is 8.49. The topological polar surface area (TPSA) is 57.6 Å². The van der Waals surface area contributed by atoms with Crippen molar-refractivity contribution < 1.29 is 13.5 Å². The Morgan fingerprint density at radius 2 is 1.75 bits per heavy atom. The van der Waals surface area contributed by atoms with Crippen molar-refractivity contribution in [3.8, 4) is 0 Å². The van der Waals surface area contributed by atoms with Gasteiger partial charge in [-0.05, 0) is 38.1 Å². The average molecular weight is 243 g/mol. The van der Waals surface area contributed by atoms with Crippen LogP contribution < -0.4 is 4.90 Å². The van der Waals surface area contributed by atoms with Crippen LogP contribution in [-0.2, 0) is 9.84 Å². The summed E-state index contributed by atoms with van der Waals surface area (Å²) in [5.41, 5.74) is 0.783. The highest BCUT2D eigenvalue weighted by molar-refractivity contribution is 7.92. The zero-order valence-corrected chi connectivity index (χ0v) is 10.5. The minimum atomic E-state index is -3.21. The van der Waals surface area contributed by atoms with Gasteiger partial charge in [0.05, 0.1) is 10.1 Å². The Bertz CT molecular complexity index is 437. The van der Waals surface area contributed by atoms with Gasteiger partial charge in [0.1, 0.15) is 6.73 Å². The van der Waals surface area contributed by atoms with E-state index >= 15 is 0 Å². The smallest absolute Gasteiger partial charge is 0.180 e. The van der Waals surface area contributed by atoms with E-state index in [0.29, 0.717) is 4.90 Å². The Hall–Kier alpha value is -1.07. The molecule has 1 rings (SSSR count). The number of benzene rings is 1. The molecule has 0 aliphatic rings. The van der Waals surface area contributed by atoms with Gasteiger partial charge in [-0.3, -0.25) is 0 Å². The fourth-order valence-electron chi connectivity index (χ4n) is 1.24. The first-order valence-corrected chi connectivity index (χ1v) is 6.60. The predicted octanol–water partition coefficient (Wildman–Crippen LogP) is 1.25. The summed E-state index contributed by atoms with van der Waals surface area (Å²) >= 11 is 0. The van der Waals surface area contributed by atoms with E-state index in [0.717, 1.165) is 5.69 Å². The van der Waals surface area contributed by atoms with Gasteiger partial charge in [-0.1, -0.05) is 0 Å². The van der Waals surface area contributed by atoms with E-state index in [1.165, 1.54) is 0 Å². The molecule has 1 aromatic rings. The molecule has 0 aliphatic heterocycles. The van der Waals surface area contributed by atoms with E-state index in [1.807, 2.05) is 0 Å². The SMILES string of the molecule is CC(C)S(=O)(=O)c1ccc(N(C)CO)cc1. The third-order valence-corrected chi connectivity index (χ3v) is 4.61. The molecule has 90 valence electrons. The normalized spacial score (nSPS) is 11.8. The van der Waals surface area contributed by atoms with Crippen LogP contribution in [0.2, 0.25) is 0 Å². The zero-order chi connectivity index (χ0) is 12.3. The van der Waals surface area contributed by atoms with Crippen molar-refractivity contribution in [2.24, 2.45) is 0 Å². The number of hydrogen-bond acceptors (Lipinski definition) is 4. The number of aliphatic hydroxyl groups excluding tert-OH is 1. The van der Waals surface area contributed by atoms with Crippen LogP contribution in [0.25, 0.3) is 0 Å². The molecule has 1 aromatic carbocycles. The Balaban J connectivity index is 3.05. The number of aliphatic hydroxyl groups is 1. The monoisotopic (exact) mass is 243 g/mol. The molecule has 0 saturated carbocycles. The molecule has 16 heavy (non-hydrogen) atoms. The summed E-state index contributed by atoms with van der Waals surface area (Å²) in [6.45, 7) is 3.21. The van der Waals surface area contributed by atoms with E-state index in [-0.39, 0.29) is 6.73 Å². The maximum absolute atomic E-state index is 11.8. The van der Waals surface area contributed by atoms with Crippen LogP contribution in [0.5, 0.6) is 0 Å². The first-order valence-electron chi connectivity index (χ1n) is 5.05. The van der Waals surface area contributed by atoms with Gasteiger partial charge in [0.15, 0.2) is 9.84 Å². The maximum Gasteiger partial charge on any atom is 0.180 e. The molecule has 0 fully saturated rings. The van der Waals surface area contributed by atoms with Crippen molar-refractivity contribution in [3.63, 3.8) is 0 Å². The number of nitrogens with zero attached hydrogens (tertiary/aromatic N) is 1. The summed E-state index contributed by atoms with van der Waals surface area (Å²) in [4.78, 5) is 1.93. The third-order valence-electron chi connectivity index (χ3n) is 2.44. The van der Waals surface area contributed by atoms with Crippen molar-refractivity contribution >= 4 is 15.5 Å². The van der Waals surface area contributed by atoms with Gasteiger partial charge in [-0.2, -0.15) is 0 Å². The van der Waals surface area contributed by atoms with E-state index in [2.05, 4.69) is 0 Å². The fraction of sp³-hybridized carbons (Fsp3) is 0.455. The molecule has 4 nitrogen and oxygen atoms in total. The minimum Gasteiger partial charge on any atom is -0.376 e. The summed E-state index contributed by atoms with van der Waals surface area (Å²) in [5.74, 6) is 0. The van der Waals surface area contributed by atoms with Crippen LogP contribution in [0.3, 0.4) is 0 Å². The van der Waals surface area contributed by atoms with Gasteiger partial charge in [0, 0.05) is 12.7 Å². The van der Waals surface area contributed by atoms with Crippen LogP contribution >= 0.6 is 0 Å². The first kappa shape index (κ1) is 13.0. The summed E-state index contributed by atoms with van der Waals surface area (Å²) in [6.07, 6.45) is 0. The van der Waals surface area contributed by atoms with Crippen molar-refractivity contribution in [1.82, 2.24) is 0 Å². The fourth-order valence-corrected chi connectivity index (χ4v) is 2.30. The lowest BCUT2D eigenvalue weighted by Crippen LogP contribution is -2.18. The molecule has 0 aromatic heterocycles. The van der Waals surface area contributed by atoms with Crippen LogP contribution in [0.1, 0.15) is 13.8 Å². The van der Waals surface area contributed by atoms with E-state index < -0.39 is 15.1 Å². The lowest BCUT2D eigenvalue weighted by Gasteiger charge is -2.16. The largest absolute Gasteiger partial charge is 0.376 e. The van der Waals surface area contributed by atoms with Crippen molar-refractivity contribution in [1.29, 1.82) is 0 Å². The molecule has 0 aliphatic carbocycles. The predicted molar refractivity (Wildman–Crippen MR) is 64.3 cm³/mol. The molecule has 0 spiro atoms. The number of rotatable bonds is 4. The van der Waals surface area contributed by atoms with E-state index in [9.17, 15) is 8.42 Å². The quantitative estimate of drug-likeness (QED) is 0.809. The summed E-state index contributed by atoms with van der Waals surface area (Å²) in [7, 11) is -1.48. The molecule has 0 radical (unpaired) electrons. The highest BCUT2D eigenvalue weighted by Gasteiger charge is 2.18. The van der Waals surface area contributed by atoms with Crippen LogP contribution in [0.4, 0.5) is 5.69 Å². The van der Waals surface area contributed by atoms with Crippen LogP contribution in [-0.4, -0.2) is 32.6 Å². The second-order valence-corrected chi connectivity index (χ2v) is 6.43.